The van der Waals surface area contributed by atoms with Crippen molar-refractivity contribution in [1.82, 2.24) is 5.32 Å². The summed E-state index contributed by atoms with van der Waals surface area (Å²) in [5.41, 5.74) is 5.64. The molecule has 2 aliphatic rings. The fourth-order valence-corrected chi connectivity index (χ4v) is 3.12. The van der Waals surface area contributed by atoms with Crippen LogP contribution in [-0.2, 0) is 4.79 Å². The van der Waals surface area contributed by atoms with Gasteiger partial charge in [0.25, 0.3) is 0 Å². The first-order valence-corrected chi connectivity index (χ1v) is 6.20. The summed E-state index contributed by atoms with van der Waals surface area (Å²) in [6.45, 7) is 2.72. The second kappa shape index (κ2) is 4.52. The number of carbonyl (C=O) groups excluding carboxylic acids is 1. The summed E-state index contributed by atoms with van der Waals surface area (Å²) in [6, 6.07) is 0.185. The topological polar surface area (TPSA) is 55.1 Å². The fraction of sp³-hybridized carbons (Fsp3) is 0.917. The Morgan fingerprint density at radius 1 is 1.47 bits per heavy atom. The number of hydrogen-bond donors (Lipinski definition) is 2. The summed E-state index contributed by atoms with van der Waals surface area (Å²) < 4.78 is 0. The molecule has 1 amide bonds. The Balaban J connectivity index is 1.72. The van der Waals surface area contributed by atoms with Crippen molar-refractivity contribution in [2.75, 3.05) is 6.54 Å². The Morgan fingerprint density at radius 2 is 2.27 bits per heavy atom. The van der Waals surface area contributed by atoms with Gasteiger partial charge >= 0.3 is 0 Å². The Morgan fingerprint density at radius 3 is 2.80 bits per heavy atom. The van der Waals surface area contributed by atoms with E-state index in [0.29, 0.717) is 11.8 Å². The molecule has 4 unspecified atom stereocenters. The Hall–Kier alpha value is -0.570. The summed E-state index contributed by atoms with van der Waals surface area (Å²) in [7, 11) is 0. The first-order chi connectivity index (χ1) is 7.16. The molecule has 0 aliphatic heterocycles. The molecule has 3 N–H and O–H groups in total. The van der Waals surface area contributed by atoms with Gasteiger partial charge in [-0.05, 0) is 44.4 Å². The smallest absolute Gasteiger partial charge is 0.223 e. The summed E-state index contributed by atoms with van der Waals surface area (Å²) in [6.07, 6.45) is 5.94. The monoisotopic (exact) mass is 210 g/mol. The van der Waals surface area contributed by atoms with E-state index < -0.39 is 0 Å². The van der Waals surface area contributed by atoms with E-state index in [1.165, 1.54) is 19.3 Å². The van der Waals surface area contributed by atoms with Crippen molar-refractivity contribution in [3.8, 4) is 0 Å². The van der Waals surface area contributed by atoms with E-state index in [0.717, 1.165) is 25.3 Å². The highest BCUT2D eigenvalue weighted by Gasteiger charge is 2.42. The van der Waals surface area contributed by atoms with Crippen LogP contribution in [0.15, 0.2) is 0 Å². The number of nitrogens with one attached hydrogen (secondary N) is 1. The molecular weight excluding hydrogens is 188 g/mol. The maximum Gasteiger partial charge on any atom is 0.223 e. The molecule has 2 bridgehead atoms. The average molecular weight is 210 g/mol. The van der Waals surface area contributed by atoms with Gasteiger partial charge in [0.15, 0.2) is 0 Å². The number of nitrogens with two attached hydrogens (primary N) is 1. The minimum atomic E-state index is 0.185. The second-order valence-electron chi connectivity index (χ2n) is 5.34. The molecule has 0 heterocycles. The van der Waals surface area contributed by atoms with Gasteiger partial charge in [0.2, 0.25) is 5.91 Å². The van der Waals surface area contributed by atoms with Crippen LogP contribution in [0.25, 0.3) is 0 Å². The van der Waals surface area contributed by atoms with Gasteiger partial charge in [-0.25, -0.2) is 0 Å². The number of fused-ring (bicyclic) bond motifs is 2. The lowest BCUT2D eigenvalue weighted by atomic mass is 9.88. The number of carbonyl (C=O) groups is 1. The predicted octanol–water partition coefficient (Wildman–Crippen LogP) is 1.28. The molecule has 15 heavy (non-hydrogen) atoms. The van der Waals surface area contributed by atoms with E-state index in [1.54, 1.807) is 0 Å². The van der Waals surface area contributed by atoms with Gasteiger partial charge < -0.3 is 11.1 Å². The number of rotatable bonds is 4. The lowest BCUT2D eigenvalue weighted by Gasteiger charge is -2.20. The molecule has 86 valence electrons. The number of hydrogen-bond acceptors (Lipinski definition) is 2. The minimum absolute atomic E-state index is 0.185. The van der Waals surface area contributed by atoms with Gasteiger partial charge in [0, 0.05) is 18.5 Å². The van der Waals surface area contributed by atoms with E-state index in [1.807, 2.05) is 6.92 Å². The van der Waals surface area contributed by atoms with Gasteiger partial charge in [-0.1, -0.05) is 6.42 Å². The maximum absolute atomic E-state index is 11.9. The van der Waals surface area contributed by atoms with Crippen molar-refractivity contribution in [3.05, 3.63) is 0 Å². The molecule has 0 aromatic rings. The largest absolute Gasteiger partial charge is 0.356 e. The van der Waals surface area contributed by atoms with Crippen LogP contribution in [0.4, 0.5) is 0 Å². The zero-order valence-electron chi connectivity index (χ0n) is 9.54. The summed E-state index contributed by atoms with van der Waals surface area (Å²) in [5.74, 6) is 2.13. The van der Waals surface area contributed by atoms with Crippen molar-refractivity contribution in [3.63, 3.8) is 0 Å². The minimum Gasteiger partial charge on any atom is -0.356 e. The maximum atomic E-state index is 11.9. The van der Waals surface area contributed by atoms with Crippen LogP contribution in [-0.4, -0.2) is 18.5 Å². The molecule has 3 nitrogen and oxygen atoms in total. The van der Waals surface area contributed by atoms with Gasteiger partial charge in [0.1, 0.15) is 0 Å². The summed E-state index contributed by atoms with van der Waals surface area (Å²) >= 11 is 0. The first kappa shape index (κ1) is 10.9. The molecule has 0 saturated heterocycles. The fourth-order valence-electron chi connectivity index (χ4n) is 3.12. The van der Waals surface area contributed by atoms with E-state index in [4.69, 9.17) is 5.73 Å². The third-order valence-corrected chi connectivity index (χ3v) is 3.97. The first-order valence-electron chi connectivity index (χ1n) is 6.20. The van der Waals surface area contributed by atoms with E-state index in [2.05, 4.69) is 5.32 Å². The SMILES string of the molecule is CC(N)CCNC(=O)C1CC2CCC1C2. The Bertz CT molecular complexity index is 240. The Labute approximate surface area is 91.8 Å². The van der Waals surface area contributed by atoms with Gasteiger partial charge in [0.05, 0.1) is 0 Å². The molecule has 0 aromatic carbocycles. The normalized spacial score (nSPS) is 35.5. The van der Waals surface area contributed by atoms with Crippen LogP contribution >= 0.6 is 0 Å². The van der Waals surface area contributed by atoms with Crippen LogP contribution in [0, 0.1) is 17.8 Å². The highest BCUT2D eigenvalue weighted by Crippen LogP contribution is 2.48. The van der Waals surface area contributed by atoms with Crippen LogP contribution in [0.5, 0.6) is 0 Å². The van der Waals surface area contributed by atoms with E-state index >= 15 is 0 Å². The molecule has 0 spiro atoms. The van der Waals surface area contributed by atoms with E-state index in [-0.39, 0.29) is 11.9 Å². The highest BCUT2D eigenvalue weighted by atomic mass is 16.1. The van der Waals surface area contributed by atoms with Crippen LogP contribution < -0.4 is 11.1 Å². The highest BCUT2D eigenvalue weighted by molar-refractivity contribution is 5.79. The van der Waals surface area contributed by atoms with Crippen LogP contribution in [0.1, 0.15) is 39.0 Å². The molecular formula is C12H22N2O. The molecule has 0 radical (unpaired) electrons. The molecule has 2 fully saturated rings. The van der Waals surface area contributed by atoms with Gasteiger partial charge in [-0.3, -0.25) is 4.79 Å². The standard InChI is InChI=1S/C12H22N2O/c1-8(13)4-5-14-12(15)11-7-9-2-3-10(11)6-9/h8-11H,2-7,13H2,1H3,(H,14,15). The zero-order chi connectivity index (χ0) is 10.8. The van der Waals surface area contributed by atoms with Crippen molar-refractivity contribution in [2.24, 2.45) is 23.5 Å². The molecule has 3 heteroatoms. The van der Waals surface area contributed by atoms with Crippen molar-refractivity contribution >= 4 is 5.91 Å². The second-order valence-corrected chi connectivity index (χ2v) is 5.34. The zero-order valence-corrected chi connectivity index (χ0v) is 9.54. The van der Waals surface area contributed by atoms with Crippen molar-refractivity contribution < 1.29 is 4.79 Å². The lowest BCUT2D eigenvalue weighted by Crippen LogP contribution is -2.35. The quantitative estimate of drug-likeness (QED) is 0.734. The lowest BCUT2D eigenvalue weighted by molar-refractivity contribution is -0.126. The molecule has 0 aromatic heterocycles. The van der Waals surface area contributed by atoms with Crippen molar-refractivity contribution in [2.45, 2.75) is 45.1 Å². The van der Waals surface area contributed by atoms with Crippen LogP contribution in [0.2, 0.25) is 0 Å². The predicted molar refractivity (Wildman–Crippen MR) is 60.2 cm³/mol. The average Bonchev–Trinajstić information content (AvgIpc) is 2.77. The molecule has 2 saturated carbocycles. The van der Waals surface area contributed by atoms with Crippen LogP contribution in [0.3, 0.4) is 0 Å². The summed E-state index contributed by atoms with van der Waals surface area (Å²) in [4.78, 5) is 11.9. The third-order valence-electron chi connectivity index (χ3n) is 3.97. The Kier molecular flexibility index (Phi) is 3.29. The third kappa shape index (κ3) is 2.51. The van der Waals surface area contributed by atoms with Gasteiger partial charge in [-0.15, -0.1) is 0 Å². The number of amides is 1. The molecule has 2 rings (SSSR count). The van der Waals surface area contributed by atoms with Crippen molar-refractivity contribution in [1.29, 1.82) is 0 Å². The summed E-state index contributed by atoms with van der Waals surface area (Å²) in [5, 5.41) is 3.02. The molecule has 4 atom stereocenters. The van der Waals surface area contributed by atoms with Gasteiger partial charge in [-0.2, -0.15) is 0 Å². The van der Waals surface area contributed by atoms with E-state index in [9.17, 15) is 4.79 Å². The molecule has 2 aliphatic carbocycles.